The van der Waals surface area contributed by atoms with Crippen LogP contribution in [-0.2, 0) is 4.79 Å². The molecule has 1 amide bonds. The first-order chi connectivity index (χ1) is 11.4. The number of nitro benzene ring substituents is 1. The van der Waals surface area contributed by atoms with Crippen molar-refractivity contribution in [2.75, 3.05) is 5.32 Å². The van der Waals surface area contributed by atoms with Crippen molar-refractivity contribution in [2.45, 2.75) is 45.7 Å². The Morgan fingerprint density at radius 3 is 2.24 bits per heavy atom. The molecular formula is C18H24N2O3Si2. The first kappa shape index (κ1) is 20.7. The van der Waals surface area contributed by atoms with Crippen LogP contribution in [0.1, 0.15) is 12.0 Å². The SMILES string of the molecule is C[Si](C)(C)C#CCC(=O)Nc1ccc([N+](=O)[O-])c(C#C[Si](C)(C)C)c1. The highest BCUT2D eigenvalue weighted by Crippen LogP contribution is 2.22. The van der Waals surface area contributed by atoms with Gasteiger partial charge in [-0.05, 0) is 12.1 Å². The Balaban J connectivity index is 3.01. The molecule has 0 atom stereocenters. The molecule has 0 aliphatic heterocycles. The fourth-order valence-electron chi connectivity index (χ4n) is 1.72. The van der Waals surface area contributed by atoms with Gasteiger partial charge in [0.25, 0.3) is 5.69 Å². The van der Waals surface area contributed by atoms with Crippen LogP contribution in [0.2, 0.25) is 39.3 Å². The minimum absolute atomic E-state index is 0.0535. The lowest BCUT2D eigenvalue weighted by Crippen LogP contribution is -2.17. The summed E-state index contributed by atoms with van der Waals surface area (Å²) in [6.07, 6.45) is 0.108. The van der Waals surface area contributed by atoms with Gasteiger partial charge in [0.2, 0.25) is 5.91 Å². The number of rotatable bonds is 3. The number of amides is 1. The van der Waals surface area contributed by atoms with Crippen molar-refractivity contribution in [3.8, 4) is 22.9 Å². The van der Waals surface area contributed by atoms with Gasteiger partial charge in [-0.1, -0.05) is 45.2 Å². The monoisotopic (exact) mass is 372 g/mol. The highest BCUT2D eigenvalue weighted by Gasteiger charge is 2.15. The fourth-order valence-corrected chi connectivity index (χ4v) is 2.85. The number of benzene rings is 1. The normalized spacial score (nSPS) is 10.8. The number of carbonyl (C=O) groups excluding carboxylic acids is 1. The van der Waals surface area contributed by atoms with Crippen LogP contribution >= 0.6 is 0 Å². The van der Waals surface area contributed by atoms with Crippen molar-refractivity contribution in [3.05, 3.63) is 33.9 Å². The van der Waals surface area contributed by atoms with E-state index in [4.69, 9.17) is 0 Å². The van der Waals surface area contributed by atoms with Crippen molar-refractivity contribution < 1.29 is 9.72 Å². The van der Waals surface area contributed by atoms with Gasteiger partial charge in [0.05, 0.1) is 11.3 Å². The maximum atomic E-state index is 12.0. The molecule has 0 bridgehead atoms. The van der Waals surface area contributed by atoms with Crippen LogP contribution in [0.25, 0.3) is 0 Å². The van der Waals surface area contributed by atoms with E-state index in [0.29, 0.717) is 11.3 Å². The Labute approximate surface area is 151 Å². The second kappa shape index (κ2) is 8.15. The molecule has 1 aromatic rings. The lowest BCUT2D eigenvalue weighted by Gasteiger charge is -2.06. The van der Waals surface area contributed by atoms with Gasteiger partial charge in [0.1, 0.15) is 21.7 Å². The van der Waals surface area contributed by atoms with E-state index in [1.807, 2.05) is 0 Å². The molecule has 25 heavy (non-hydrogen) atoms. The van der Waals surface area contributed by atoms with E-state index in [1.54, 1.807) is 6.07 Å². The number of nitrogens with one attached hydrogen (secondary N) is 1. The number of carbonyl (C=O) groups is 1. The quantitative estimate of drug-likeness (QED) is 0.377. The van der Waals surface area contributed by atoms with Gasteiger partial charge in [-0.2, -0.15) is 0 Å². The number of nitrogens with zero attached hydrogens (tertiary/aromatic N) is 1. The van der Waals surface area contributed by atoms with Gasteiger partial charge in [-0.3, -0.25) is 14.9 Å². The highest BCUT2D eigenvalue weighted by atomic mass is 28.3. The van der Waals surface area contributed by atoms with E-state index in [2.05, 4.69) is 67.5 Å². The van der Waals surface area contributed by atoms with Gasteiger partial charge >= 0.3 is 0 Å². The van der Waals surface area contributed by atoms with E-state index in [9.17, 15) is 14.9 Å². The highest BCUT2D eigenvalue weighted by molar-refractivity contribution is 6.84. The third kappa shape index (κ3) is 8.34. The standard InChI is InChI=1S/C18H24N2O3Si2/c1-24(2,3)12-7-8-18(21)19-16-9-10-17(20(22)23)15(14-16)11-13-25(4,5)6/h9-10,14H,8H2,1-6H3,(H,19,21). The first-order valence-corrected chi connectivity index (χ1v) is 15.0. The fraction of sp³-hybridized carbons (Fsp3) is 0.389. The van der Waals surface area contributed by atoms with Crippen LogP contribution in [0, 0.1) is 33.0 Å². The van der Waals surface area contributed by atoms with Crippen LogP contribution < -0.4 is 5.32 Å². The minimum Gasteiger partial charge on any atom is -0.325 e. The average molecular weight is 373 g/mol. The first-order valence-electron chi connectivity index (χ1n) is 7.99. The van der Waals surface area contributed by atoms with Gasteiger partial charge in [-0.15, -0.1) is 17.0 Å². The molecule has 7 heteroatoms. The number of hydrogen-bond donors (Lipinski definition) is 1. The summed E-state index contributed by atoms with van der Waals surface area (Å²) in [6.45, 7) is 12.5. The van der Waals surface area contributed by atoms with E-state index < -0.39 is 21.1 Å². The predicted molar refractivity (Wildman–Crippen MR) is 108 cm³/mol. The van der Waals surface area contributed by atoms with Crippen molar-refractivity contribution in [3.63, 3.8) is 0 Å². The molecule has 0 saturated heterocycles. The predicted octanol–water partition coefficient (Wildman–Crippen LogP) is 4.03. The Morgan fingerprint density at radius 2 is 1.72 bits per heavy atom. The zero-order chi connectivity index (χ0) is 19.3. The lowest BCUT2D eigenvalue weighted by atomic mass is 10.1. The summed E-state index contributed by atoms with van der Waals surface area (Å²) in [7, 11) is -3.17. The van der Waals surface area contributed by atoms with E-state index in [0.717, 1.165) is 0 Å². The summed E-state index contributed by atoms with van der Waals surface area (Å²) in [5.74, 6) is 5.58. The van der Waals surface area contributed by atoms with Gasteiger partial charge < -0.3 is 5.32 Å². The molecule has 1 rings (SSSR count). The molecule has 0 heterocycles. The van der Waals surface area contributed by atoms with Crippen LogP contribution in [0.5, 0.6) is 0 Å². The van der Waals surface area contributed by atoms with Crippen molar-refractivity contribution in [1.82, 2.24) is 0 Å². The largest absolute Gasteiger partial charge is 0.325 e. The second-order valence-corrected chi connectivity index (χ2v) is 17.3. The molecule has 0 aliphatic carbocycles. The molecule has 0 saturated carbocycles. The zero-order valence-corrected chi connectivity index (χ0v) is 17.6. The lowest BCUT2D eigenvalue weighted by molar-refractivity contribution is -0.385. The van der Waals surface area contributed by atoms with E-state index >= 15 is 0 Å². The molecule has 0 aliphatic rings. The Kier molecular flexibility index (Phi) is 6.74. The third-order valence-electron chi connectivity index (χ3n) is 2.76. The minimum atomic E-state index is -1.67. The van der Waals surface area contributed by atoms with Crippen LogP contribution in [-0.4, -0.2) is 27.0 Å². The number of anilines is 1. The Morgan fingerprint density at radius 1 is 1.12 bits per heavy atom. The van der Waals surface area contributed by atoms with E-state index in [1.165, 1.54) is 12.1 Å². The molecular weight excluding hydrogens is 348 g/mol. The van der Waals surface area contributed by atoms with Crippen molar-refractivity contribution in [1.29, 1.82) is 0 Å². The molecule has 132 valence electrons. The van der Waals surface area contributed by atoms with Gasteiger partial charge in [0.15, 0.2) is 0 Å². The summed E-state index contributed by atoms with van der Waals surface area (Å²) in [5.41, 5.74) is 7.01. The molecule has 0 unspecified atom stereocenters. The molecule has 0 spiro atoms. The summed E-state index contributed by atoms with van der Waals surface area (Å²) < 4.78 is 0. The van der Waals surface area contributed by atoms with Gasteiger partial charge in [0, 0.05) is 11.8 Å². The summed E-state index contributed by atoms with van der Waals surface area (Å²) >= 11 is 0. The maximum Gasteiger partial charge on any atom is 0.285 e. The average Bonchev–Trinajstić information content (AvgIpc) is 2.42. The second-order valence-electron chi connectivity index (χ2n) is 7.77. The van der Waals surface area contributed by atoms with Crippen LogP contribution in [0.4, 0.5) is 11.4 Å². The zero-order valence-electron chi connectivity index (χ0n) is 15.6. The maximum absolute atomic E-state index is 12.0. The molecule has 0 radical (unpaired) electrons. The number of hydrogen-bond acceptors (Lipinski definition) is 3. The topological polar surface area (TPSA) is 72.2 Å². The van der Waals surface area contributed by atoms with Crippen LogP contribution in [0.3, 0.4) is 0 Å². The molecule has 1 aromatic carbocycles. The number of nitro groups is 1. The van der Waals surface area contributed by atoms with Crippen LogP contribution in [0.15, 0.2) is 18.2 Å². The third-order valence-corrected chi connectivity index (χ3v) is 4.56. The molecule has 1 N–H and O–H groups in total. The Hall–Kier alpha value is -2.36. The molecule has 0 fully saturated rings. The van der Waals surface area contributed by atoms with Crippen molar-refractivity contribution >= 4 is 33.4 Å². The Bertz CT molecular complexity index is 798. The molecule has 0 aromatic heterocycles. The summed E-state index contributed by atoms with van der Waals surface area (Å²) in [4.78, 5) is 22.7. The summed E-state index contributed by atoms with van der Waals surface area (Å²) in [6, 6.07) is 4.44. The smallest absolute Gasteiger partial charge is 0.285 e. The van der Waals surface area contributed by atoms with Crippen molar-refractivity contribution in [2.24, 2.45) is 0 Å². The van der Waals surface area contributed by atoms with E-state index in [-0.39, 0.29) is 18.0 Å². The summed E-state index contributed by atoms with van der Waals surface area (Å²) in [5, 5.41) is 13.9. The van der Waals surface area contributed by atoms with Gasteiger partial charge in [-0.25, -0.2) is 0 Å². The molecule has 5 nitrogen and oxygen atoms in total.